The molecule has 0 amide bonds. The van der Waals surface area contributed by atoms with Crippen LogP contribution in [0.5, 0.6) is 0 Å². The summed E-state index contributed by atoms with van der Waals surface area (Å²) in [6, 6.07) is 181. The van der Waals surface area contributed by atoms with Gasteiger partial charge in [0.15, 0.2) is 0 Å². The zero-order valence-corrected chi connectivity index (χ0v) is 74.8. The van der Waals surface area contributed by atoms with Crippen LogP contribution in [0.15, 0.2) is 491 Å². The maximum atomic E-state index is 10.1. The molecule has 27 aromatic rings. The predicted octanol–water partition coefficient (Wildman–Crippen LogP) is 33.3. The molecule has 9 nitrogen and oxygen atoms in total. The van der Waals surface area contributed by atoms with Crippen LogP contribution in [0, 0.1) is 34.0 Å². The van der Waals surface area contributed by atoms with Crippen LogP contribution in [0.2, 0.25) is 0 Å². The van der Waals surface area contributed by atoms with Gasteiger partial charge in [0.05, 0.1) is 101 Å². The molecule has 21 aromatic carbocycles. The minimum absolute atomic E-state index is 0.649. The lowest BCUT2D eigenvalue weighted by atomic mass is 9.94. The molecule has 0 aliphatic rings. The van der Waals surface area contributed by atoms with E-state index in [0.717, 1.165) is 112 Å². The molecule has 138 heavy (non-hydrogen) atoms. The molecule has 642 valence electrons. The quantitative estimate of drug-likeness (QED) is 0.122. The van der Waals surface area contributed by atoms with Gasteiger partial charge in [-0.3, -0.25) is 0 Å². The van der Waals surface area contributed by atoms with E-state index in [9.17, 15) is 15.8 Å². The highest BCUT2D eigenvalue weighted by atomic mass is 15.0. The molecule has 6 heterocycles. The Bertz CT molecular complexity index is 9540. The molecule has 9 heteroatoms. The van der Waals surface area contributed by atoms with Crippen molar-refractivity contribution in [2.24, 2.45) is 0 Å². The first-order valence-corrected chi connectivity index (χ1v) is 46.5. The number of nitriles is 3. The molecular weight excluding hydrogens is 1680 g/mol. The molecule has 0 saturated heterocycles. The van der Waals surface area contributed by atoms with Crippen molar-refractivity contribution >= 4 is 131 Å². The molecule has 0 radical (unpaired) electrons. The van der Waals surface area contributed by atoms with E-state index in [0.29, 0.717) is 16.7 Å². The zero-order valence-electron chi connectivity index (χ0n) is 74.8. The summed E-state index contributed by atoms with van der Waals surface area (Å²) in [4.78, 5) is 0. The van der Waals surface area contributed by atoms with Crippen LogP contribution in [-0.4, -0.2) is 27.4 Å². The standard InChI is InChI=1S/3C43H27N3/c44-28-29-11-10-12-30(23-29)32-24-33(26-35(25-32)46-40-18-7-4-15-36(40)37-16-5-8-19-41(37)46)31-21-22-43-39(27-31)38-17-6-9-20-42(38)45(43)34-13-2-1-3-14-34;44-28-29-18-20-30(21-19-29)32-24-33(26-35(25-32)46-40-15-7-4-12-36(40)37-13-5-8-16-41(37)46)31-22-23-43-39(27-31)38-14-6-9-17-42(38)45(43)34-10-2-1-3-11-34;44-28-30-12-4-5-15-35(30)32-24-31(25-34(26-32)46-40-19-9-6-16-36(40)37-17-7-10-20-41(37)46)29-22-23-43-39(27-29)38-18-8-11-21-42(38)45(43)33-13-2-1-3-14-33/h3*1-27H. The average Bonchev–Trinajstić information content (AvgIpc) is 1.62. The fourth-order valence-corrected chi connectivity index (χ4v) is 21.2. The maximum absolute atomic E-state index is 10.1. The largest absolute Gasteiger partial charge is 0.309 e. The number of benzene rings is 21. The third kappa shape index (κ3) is 13.9. The van der Waals surface area contributed by atoms with Gasteiger partial charge in [0.25, 0.3) is 0 Å². The summed E-state index contributed by atoms with van der Waals surface area (Å²) in [5.41, 5.74) is 35.7. The smallest absolute Gasteiger partial charge is 0.0998 e. The highest BCUT2D eigenvalue weighted by molar-refractivity contribution is 6.16. The normalized spacial score (nSPS) is 11.5. The lowest BCUT2D eigenvalue weighted by Crippen LogP contribution is -1.96. The Balaban J connectivity index is 0.000000110. The number of hydrogen-bond acceptors (Lipinski definition) is 3. The highest BCUT2D eigenvalue weighted by Gasteiger charge is 2.24. The molecule has 0 aliphatic heterocycles. The second kappa shape index (κ2) is 33.9. The zero-order chi connectivity index (χ0) is 91.8. The summed E-state index contributed by atoms with van der Waals surface area (Å²) >= 11 is 0. The maximum Gasteiger partial charge on any atom is 0.0998 e. The molecule has 0 bridgehead atoms. The molecule has 0 spiro atoms. The van der Waals surface area contributed by atoms with Gasteiger partial charge in [-0.1, -0.05) is 279 Å². The molecular formula is C129H81N9. The van der Waals surface area contributed by atoms with Gasteiger partial charge in [-0.25, -0.2) is 0 Å². The lowest BCUT2D eigenvalue weighted by Gasteiger charge is -2.15. The first-order valence-electron chi connectivity index (χ1n) is 46.5. The highest BCUT2D eigenvalue weighted by Crippen LogP contribution is 2.46. The van der Waals surface area contributed by atoms with Crippen molar-refractivity contribution < 1.29 is 0 Å². The topological polar surface area (TPSA) is 101 Å². The molecule has 0 aliphatic carbocycles. The van der Waals surface area contributed by atoms with Gasteiger partial charge >= 0.3 is 0 Å². The van der Waals surface area contributed by atoms with Gasteiger partial charge in [-0.15, -0.1) is 0 Å². The van der Waals surface area contributed by atoms with E-state index in [4.69, 9.17) is 0 Å². The van der Waals surface area contributed by atoms with Gasteiger partial charge in [-0.2, -0.15) is 15.8 Å². The summed E-state index contributed by atoms with van der Waals surface area (Å²) in [6.45, 7) is 0. The van der Waals surface area contributed by atoms with Crippen LogP contribution in [0.25, 0.3) is 232 Å². The summed E-state index contributed by atoms with van der Waals surface area (Å²) in [5.74, 6) is 0. The molecule has 0 fully saturated rings. The number of hydrogen-bond donors (Lipinski definition) is 0. The fourth-order valence-electron chi connectivity index (χ4n) is 21.2. The molecule has 6 aromatic heterocycles. The van der Waals surface area contributed by atoms with Crippen molar-refractivity contribution in [3.05, 3.63) is 508 Å². The minimum atomic E-state index is 0.649. The summed E-state index contributed by atoms with van der Waals surface area (Å²) in [7, 11) is 0. The minimum Gasteiger partial charge on any atom is -0.309 e. The number of rotatable bonds is 12. The van der Waals surface area contributed by atoms with Crippen molar-refractivity contribution in [1.29, 1.82) is 15.8 Å². The van der Waals surface area contributed by atoms with Gasteiger partial charge in [0.2, 0.25) is 0 Å². The summed E-state index contributed by atoms with van der Waals surface area (Å²) in [5, 5.41) is 43.9. The van der Waals surface area contributed by atoms with Crippen molar-refractivity contribution in [2.45, 2.75) is 0 Å². The van der Waals surface area contributed by atoms with Gasteiger partial charge in [0, 0.05) is 98.8 Å². The van der Waals surface area contributed by atoms with Crippen LogP contribution in [0.1, 0.15) is 16.7 Å². The second-order valence-corrected chi connectivity index (χ2v) is 35.2. The first-order chi connectivity index (χ1) is 68.3. The van der Waals surface area contributed by atoms with E-state index in [1.54, 1.807) is 0 Å². The molecule has 0 unspecified atom stereocenters. The van der Waals surface area contributed by atoms with Gasteiger partial charge in [0.1, 0.15) is 0 Å². The van der Waals surface area contributed by atoms with Crippen molar-refractivity contribution in [3.8, 4) is 119 Å². The number of nitrogens with zero attached hydrogens (tertiary/aromatic N) is 9. The average molecular weight is 1760 g/mol. The third-order valence-corrected chi connectivity index (χ3v) is 27.4. The van der Waals surface area contributed by atoms with Gasteiger partial charge in [-0.05, 0) is 279 Å². The van der Waals surface area contributed by atoms with E-state index >= 15 is 0 Å². The monoisotopic (exact) mass is 1760 g/mol. The Hall–Kier alpha value is -19.1. The number of para-hydroxylation sites is 12. The molecule has 0 N–H and O–H groups in total. The Labute approximate surface area is 795 Å². The van der Waals surface area contributed by atoms with E-state index < -0.39 is 0 Å². The van der Waals surface area contributed by atoms with Crippen LogP contribution >= 0.6 is 0 Å². The summed E-state index contributed by atoms with van der Waals surface area (Å²) < 4.78 is 14.1. The molecule has 0 saturated carbocycles. The Morgan fingerprint density at radius 3 is 0.681 bits per heavy atom. The predicted molar refractivity (Wildman–Crippen MR) is 572 cm³/mol. The van der Waals surface area contributed by atoms with E-state index in [1.807, 2.05) is 66.7 Å². The van der Waals surface area contributed by atoms with Crippen LogP contribution in [-0.2, 0) is 0 Å². The van der Waals surface area contributed by atoms with Crippen molar-refractivity contribution in [3.63, 3.8) is 0 Å². The van der Waals surface area contributed by atoms with Crippen molar-refractivity contribution in [1.82, 2.24) is 27.4 Å². The van der Waals surface area contributed by atoms with Crippen molar-refractivity contribution in [2.75, 3.05) is 0 Å². The molecule has 0 atom stereocenters. The first kappa shape index (κ1) is 80.9. The fraction of sp³-hybridized carbons (Fsp3) is 0. The van der Waals surface area contributed by atoms with E-state index in [1.165, 1.54) is 120 Å². The Morgan fingerprint density at radius 2 is 0.370 bits per heavy atom. The third-order valence-electron chi connectivity index (χ3n) is 27.4. The van der Waals surface area contributed by atoms with Gasteiger partial charge < -0.3 is 27.4 Å². The number of fused-ring (bicyclic) bond motifs is 18. The van der Waals surface area contributed by atoms with Crippen LogP contribution in [0.4, 0.5) is 0 Å². The molecule has 27 rings (SSSR count). The Morgan fingerprint density at radius 1 is 0.130 bits per heavy atom. The second-order valence-electron chi connectivity index (χ2n) is 35.2. The van der Waals surface area contributed by atoms with E-state index in [-0.39, 0.29) is 0 Å². The lowest BCUT2D eigenvalue weighted by molar-refractivity contribution is 1.18. The van der Waals surface area contributed by atoms with E-state index in [2.05, 4.69) is 470 Å². The van der Waals surface area contributed by atoms with Crippen LogP contribution in [0.3, 0.4) is 0 Å². The Kier molecular flexibility index (Phi) is 19.9. The SMILES string of the molecule is N#Cc1ccc(-c2cc(-c3ccc4c(c3)c3ccccc3n4-c3ccccc3)cc(-n3c4ccccc4c4ccccc43)c2)cc1.N#Cc1cccc(-c2cc(-c3ccc4c(c3)c3ccccc3n4-c3ccccc3)cc(-n3c4ccccc4c4ccccc43)c2)c1.N#Cc1ccccc1-c1cc(-c2ccc3c(c2)c2ccccc2n3-c2ccccc2)cc(-n2c3ccccc3c3ccccc32)c1. The van der Waals surface area contributed by atoms with Crippen LogP contribution < -0.4 is 0 Å². The summed E-state index contributed by atoms with van der Waals surface area (Å²) in [6.07, 6.45) is 0. The number of aromatic nitrogens is 6.